The fourth-order valence-corrected chi connectivity index (χ4v) is 3.84. The van der Waals surface area contributed by atoms with Gasteiger partial charge in [0, 0.05) is 16.0 Å². The third-order valence-corrected chi connectivity index (χ3v) is 5.97. The molecular weight excluding hydrogens is 488 g/mol. The monoisotopic (exact) mass is 510 g/mol. The van der Waals surface area contributed by atoms with Crippen LogP contribution in [0.2, 0.25) is 0 Å². The average Bonchev–Trinajstić information content (AvgIpc) is 2.75. The molecule has 0 aliphatic carbocycles. The highest BCUT2D eigenvalue weighted by Crippen LogP contribution is 2.21. The van der Waals surface area contributed by atoms with Crippen LogP contribution in [0.1, 0.15) is 11.1 Å². The first-order valence-electron chi connectivity index (χ1n) is 9.09. The summed E-state index contributed by atoms with van der Waals surface area (Å²) in [6.07, 6.45) is 3.50. The van der Waals surface area contributed by atoms with Crippen molar-refractivity contribution in [3.8, 4) is 5.75 Å². The standard InChI is InChI=1S/C21H23BrN2O4S2/c1-29-11-10-27-21(26)13-28-18-8-6-16(7-9-18)12-23-24-20(25)15-30-14-17-4-2-3-5-19(17)22/h2-9,12H,10-11,13-15H2,1H3,(H,24,25). The van der Waals surface area contributed by atoms with E-state index in [1.807, 2.05) is 30.5 Å². The Bertz CT molecular complexity index is 847. The molecule has 9 heteroatoms. The highest BCUT2D eigenvalue weighted by atomic mass is 79.9. The largest absolute Gasteiger partial charge is 0.482 e. The Morgan fingerprint density at radius 2 is 1.93 bits per heavy atom. The molecule has 0 spiro atoms. The van der Waals surface area contributed by atoms with Crippen LogP contribution in [-0.4, -0.2) is 49.1 Å². The number of halogens is 1. The quantitative estimate of drug-likeness (QED) is 0.200. The van der Waals surface area contributed by atoms with Crippen molar-refractivity contribution in [2.45, 2.75) is 5.75 Å². The van der Waals surface area contributed by atoms with Gasteiger partial charge in [-0.05, 0) is 47.7 Å². The predicted octanol–water partition coefficient (Wildman–Crippen LogP) is 4.12. The molecule has 2 aromatic carbocycles. The van der Waals surface area contributed by atoms with Crippen LogP contribution in [0.4, 0.5) is 0 Å². The fourth-order valence-electron chi connectivity index (χ4n) is 2.15. The van der Waals surface area contributed by atoms with Gasteiger partial charge in [0.05, 0.1) is 12.0 Å². The van der Waals surface area contributed by atoms with Crippen LogP contribution < -0.4 is 10.2 Å². The van der Waals surface area contributed by atoms with Crippen molar-refractivity contribution < 1.29 is 19.1 Å². The van der Waals surface area contributed by atoms with Crippen LogP contribution in [0, 0.1) is 0 Å². The van der Waals surface area contributed by atoms with E-state index in [0.29, 0.717) is 18.1 Å². The van der Waals surface area contributed by atoms with Gasteiger partial charge in [0.1, 0.15) is 12.4 Å². The first-order chi connectivity index (χ1) is 14.6. The van der Waals surface area contributed by atoms with E-state index in [9.17, 15) is 9.59 Å². The molecular formula is C21H23BrN2O4S2. The Morgan fingerprint density at radius 3 is 2.67 bits per heavy atom. The molecule has 0 bridgehead atoms. The van der Waals surface area contributed by atoms with Gasteiger partial charge < -0.3 is 9.47 Å². The predicted molar refractivity (Wildman–Crippen MR) is 127 cm³/mol. The zero-order valence-corrected chi connectivity index (χ0v) is 19.7. The molecule has 0 saturated carbocycles. The number of rotatable bonds is 12. The number of benzene rings is 2. The molecule has 0 aromatic heterocycles. The molecule has 6 nitrogen and oxygen atoms in total. The third kappa shape index (κ3) is 9.69. The van der Waals surface area contributed by atoms with Gasteiger partial charge in [-0.15, -0.1) is 11.8 Å². The second kappa shape index (κ2) is 14.1. The van der Waals surface area contributed by atoms with Gasteiger partial charge in [0.2, 0.25) is 5.91 Å². The maximum atomic E-state index is 11.9. The summed E-state index contributed by atoms with van der Waals surface area (Å²) in [5, 5.41) is 3.97. The minimum Gasteiger partial charge on any atom is -0.482 e. The molecule has 0 heterocycles. The summed E-state index contributed by atoms with van der Waals surface area (Å²) in [5.74, 6) is 1.82. The smallest absolute Gasteiger partial charge is 0.344 e. The van der Waals surface area contributed by atoms with E-state index in [-0.39, 0.29) is 12.5 Å². The molecule has 0 aliphatic rings. The van der Waals surface area contributed by atoms with E-state index in [0.717, 1.165) is 27.1 Å². The van der Waals surface area contributed by atoms with E-state index < -0.39 is 5.97 Å². The molecule has 0 radical (unpaired) electrons. The third-order valence-electron chi connectivity index (χ3n) is 3.64. The summed E-state index contributed by atoms with van der Waals surface area (Å²) in [6.45, 7) is 0.252. The normalized spacial score (nSPS) is 10.7. The van der Waals surface area contributed by atoms with E-state index in [2.05, 4.69) is 26.5 Å². The van der Waals surface area contributed by atoms with Gasteiger partial charge in [0.15, 0.2) is 6.61 Å². The Hall–Kier alpha value is -1.97. The lowest BCUT2D eigenvalue weighted by molar-refractivity contribution is -0.145. The number of amides is 1. The van der Waals surface area contributed by atoms with Crippen molar-refractivity contribution in [1.29, 1.82) is 0 Å². The number of nitrogens with zero attached hydrogens (tertiary/aromatic N) is 1. The van der Waals surface area contributed by atoms with E-state index in [1.165, 1.54) is 11.8 Å². The van der Waals surface area contributed by atoms with Crippen LogP contribution in [0.15, 0.2) is 58.1 Å². The Morgan fingerprint density at radius 1 is 1.17 bits per heavy atom. The lowest BCUT2D eigenvalue weighted by Gasteiger charge is -2.06. The fraction of sp³-hybridized carbons (Fsp3) is 0.286. The molecule has 1 N–H and O–H groups in total. The summed E-state index contributed by atoms with van der Waals surface area (Å²) >= 11 is 6.63. The second-order valence-electron chi connectivity index (χ2n) is 5.95. The number of carbonyl (C=O) groups is 2. The number of thioether (sulfide) groups is 2. The van der Waals surface area contributed by atoms with Crippen molar-refractivity contribution >= 4 is 57.5 Å². The van der Waals surface area contributed by atoms with Gasteiger partial charge in [-0.1, -0.05) is 34.1 Å². The maximum Gasteiger partial charge on any atom is 0.344 e. The number of esters is 1. The second-order valence-corrected chi connectivity index (χ2v) is 8.77. The lowest BCUT2D eigenvalue weighted by Crippen LogP contribution is -2.19. The zero-order chi connectivity index (χ0) is 21.6. The summed E-state index contributed by atoms with van der Waals surface area (Å²) < 4.78 is 11.4. The molecule has 2 aromatic rings. The molecule has 0 saturated heterocycles. The van der Waals surface area contributed by atoms with Crippen LogP contribution in [0.25, 0.3) is 0 Å². The van der Waals surface area contributed by atoms with Crippen LogP contribution in [0.5, 0.6) is 5.75 Å². The topological polar surface area (TPSA) is 77.0 Å². The summed E-state index contributed by atoms with van der Waals surface area (Å²) in [5.41, 5.74) is 4.46. The van der Waals surface area contributed by atoms with E-state index in [4.69, 9.17) is 9.47 Å². The van der Waals surface area contributed by atoms with Crippen LogP contribution >= 0.6 is 39.5 Å². The molecule has 0 atom stereocenters. The Labute approximate surface area is 193 Å². The molecule has 0 unspecified atom stereocenters. The number of carbonyl (C=O) groups excluding carboxylic acids is 2. The SMILES string of the molecule is CSCCOC(=O)COc1ccc(C=NNC(=O)CSCc2ccccc2Br)cc1. The maximum absolute atomic E-state index is 11.9. The molecule has 1 amide bonds. The van der Waals surface area contributed by atoms with Gasteiger partial charge in [-0.3, -0.25) is 4.79 Å². The summed E-state index contributed by atoms with van der Waals surface area (Å²) in [7, 11) is 0. The lowest BCUT2D eigenvalue weighted by atomic mass is 10.2. The molecule has 30 heavy (non-hydrogen) atoms. The van der Waals surface area contributed by atoms with Crippen LogP contribution in [-0.2, 0) is 20.1 Å². The highest BCUT2D eigenvalue weighted by molar-refractivity contribution is 9.10. The minimum absolute atomic E-state index is 0.130. The number of hydrazone groups is 1. The van der Waals surface area contributed by atoms with Gasteiger partial charge >= 0.3 is 5.97 Å². The Kier molecular flexibility index (Phi) is 11.4. The average molecular weight is 511 g/mol. The number of hydrogen-bond donors (Lipinski definition) is 1. The van der Waals surface area contributed by atoms with Crippen molar-refractivity contribution in [3.63, 3.8) is 0 Å². The van der Waals surface area contributed by atoms with Crippen molar-refractivity contribution in [3.05, 3.63) is 64.1 Å². The summed E-state index contributed by atoms with van der Waals surface area (Å²) in [6, 6.07) is 15.0. The van der Waals surface area contributed by atoms with Crippen LogP contribution in [0.3, 0.4) is 0 Å². The van der Waals surface area contributed by atoms with E-state index >= 15 is 0 Å². The highest BCUT2D eigenvalue weighted by Gasteiger charge is 2.05. The van der Waals surface area contributed by atoms with E-state index in [1.54, 1.807) is 42.2 Å². The van der Waals surface area contributed by atoms with Gasteiger partial charge in [0.25, 0.3) is 0 Å². The molecule has 160 valence electrons. The first-order valence-corrected chi connectivity index (χ1v) is 12.4. The van der Waals surface area contributed by atoms with Gasteiger partial charge in [-0.2, -0.15) is 16.9 Å². The molecule has 0 fully saturated rings. The first kappa shape index (κ1) is 24.3. The van der Waals surface area contributed by atoms with Crippen molar-refractivity contribution in [2.24, 2.45) is 5.10 Å². The molecule has 2 rings (SSSR count). The molecule has 0 aliphatic heterocycles. The minimum atomic E-state index is -0.394. The summed E-state index contributed by atoms with van der Waals surface area (Å²) in [4.78, 5) is 23.4. The van der Waals surface area contributed by atoms with Gasteiger partial charge in [-0.25, -0.2) is 10.2 Å². The number of hydrogen-bond acceptors (Lipinski definition) is 7. The zero-order valence-electron chi connectivity index (χ0n) is 16.5. The van der Waals surface area contributed by atoms with Crippen molar-refractivity contribution in [1.82, 2.24) is 5.43 Å². The Balaban J connectivity index is 1.66. The number of ether oxygens (including phenoxy) is 2. The van der Waals surface area contributed by atoms with Crippen molar-refractivity contribution in [2.75, 3.05) is 31.0 Å². The number of nitrogens with one attached hydrogen (secondary N) is 1.